The van der Waals surface area contributed by atoms with Crippen LogP contribution in [0, 0.1) is 0 Å². The number of aromatic amines is 1. The first-order chi connectivity index (χ1) is 9.47. The van der Waals surface area contributed by atoms with Gasteiger partial charge in [-0.25, -0.2) is 4.79 Å². The first-order valence-electron chi connectivity index (χ1n) is 5.51. The van der Waals surface area contributed by atoms with Crippen LogP contribution >= 0.6 is 15.9 Å². The highest BCUT2D eigenvalue weighted by Gasteiger charge is 2.14. The number of carboxylic acids is 1. The van der Waals surface area contributed by atoms with Crippen molar-refractivity contribution in [2.24, 2.45) is 0 Å². The molecule has 1 amide bonds. The number of pyridine rings is 1. The van der Waals surface area contributed by atoms with E-state index in [0.29, 0.717) is 4.47 Å². The summed E-state index contributed by atoms with van der Waals surface area (Å²) < 4.78 is 0.624. The van der Waals surface area contributed by atoms with E-state index in [0.717, 1.165) is 0 Å². The summed E-state index contributed by atoms with van der Waals surface area (Å²) in [5.74, 6) is -1.75. The smallest absolute Gasteiger partial charge is 0.337 e. The second-order valence-electron chi connectivity index (χ2n) is 3.88. The molecule has 102 valence electrons. The predicted molar refractivity (Wildman–Crippen MR) is 76.1 cm³/mol. The van der Waals surface area contributed by atoms with Gasteiger partial charge < -0.3 is 15.4 Å². The largest absolute Gasteiger partial charge is 0.478 e. The molecule has 0 aliphatic rings. The third-order valence-electron chi connectivity index (χ3n) is 2.47. The fourth-order valence-corrected chi connectivity index (χ4v) is 1.94. The van der Waals surface area contributed by atoms with Crippen molar-refractivity contribution in [3.8, 4) is 0 Å². The number of aromatic carboxylic acids is 1. The molecule has 0 bridgehead atoms. The molecule has 2 aromatic rings. The number of hydrogen-bond donors (Lipinski definition) is 3. The lowest BCUT2D eigenvalue weighted by molar-refractivity contribution is 0.0698. The van der Waals surface area contributed by atoms with Crippen LogP contribution in [0.1, 0.15) is 20.8 Å². The Morgan fingerprint density at radius 3 is 2.60 bits per heavy atom. The maximum absolute atomic E-state index is 12.0. The highest BCUT2D eigenvalue weighted by molar-refractivity contribution is 9.10. The number of halogens is 1. The Morgan fingerprint density at radius 1 is 1.20 bits per heavy atom. The van der Waals surface area contributed by atoms with Crippen molar-refractivity contribution in [1.82, 2.24) is 4.98 Å². The van der Waals surface area contributed by atoms with E-state index in [4.69, 9.17) is 5.11 Å². The van der Waals surface area contributed by atoms with E-state index >= 15 is 0 Å². The topological polar surface area (TPSA) is 99.3 Å². The van der Waals surface area contributed by atoms with Gasteiger partial charge >= 0.3 is 5.97 Å². The number of hydrogen-bond acceptors (Lipinski definition) is 3. The molecule has 6 nitrogen and oxygen atoms in total. The molecular weight excluding hydrogens is 328 g/mol. The summed E-state index contributed by atoms with van der Waals surface area (Å²) >= 11 is 3.20. The third kappa shape index (κ3) is 3.12. The normalized spacial score (nSPS) is 10.1. The first kappa shape index (κ1) is 14.0. The summed E-state index contributed by atoms with van der Waals surface area (Å²) in [5.41, 5.74) is -0.263. The molecule has 7 heteroatoms. The number of amides is 1. The van der Waals surface area contributed by atoms with E-state index < -0.39 is 17.4 Å². The van der Waals surface area contributed by atoms with Gasteiger partial charge in [-0.1, -0.05) is 22.0 Å². The molecule has 1 heterocycles. The van der Waals surface area contributed by atoms with Gasteiger partial charge in [0.05, 0.1) is 11.3 Å². The number of carboxylic acid groups (broad SMARTS) is 1. The Labute approximate surface area is 121 Å². The molecule has 0 spiro atoms. The van der Waals surface area contributed by atoms with Crippen molar-refractivity contribution in [1.29, 1.82) is 0 Å². The zero-order valence-corrected chi connectivity index (χ0v) is 11.6. The van der Waals surface area contributed by atoms with E-state index in [2.05, 4.69) is 26.2 Å². The Morgan fingerprint density at radius 2 is 1.95 bits per heavy atom. The van der Waals surface area contributed by atoms with Crippen LogP contribution in [0.5, 0.6) is 0 Å². The molecule has 2 rings (SSSR count). The quantitative estimate of drug-likeness (QED) is 0.798. The third-order valence-corrected chi connectivity index (χ3v) is 2.97. The summed E-state index contributed by atoms with van der Waals surface area (Å²) in [7, 11) is 0. The highest BCUT2D eigenvalue weighted by atomic mass is 79.9. The van der Waals surface area contributed by atoms with Crippen molar-refractivity contribution in [3.63, 3.8) is 0 Å². The monoisotopic (exact) mass is 336 g/mol. The fourth-order valence-electron chi connectivity index (χ4n) is 1.58. The molecule has 3 N–H and O–H groups in total. The molecule has 0 atom stereocenters. The Bertz CT molecular complexity index is 739. The number of carbonyl (C=O) groups excluding carboxylic acids is 1. The SMILES string of the molecule is O=C(Nc1cc(Br)ccc1C(=O)O)c1cccc(=O)[nH]1. The Balaban J connectivity index is 2.34. The van der Waals surface area contributed by atoms with Crippen molar-refractivity contribution >= 4 is 33.5 Å². The summed E-state index contributed by atoms with van der Waals surface area (Å²) in [4.78, 5) is 36.5. The second-order valence-corrected chi connectivity index (χ2v) is 4.79. The molecule has 0 saturated heterocycles. The molecule has 1 aromatic carbocycles. The lowest BCUT2D eigenvalue weighted by Gasteiger charge is -2.08. The van der Waals surface area contributed by atoms with Crippen LogP contribution < -0.4 is 10.9 Å². The van der Waals surface area contributed by atoms with Crippen molar-refractivity contribution in [2.75, 3.05) is 5.32 Å². The summed E-state index contributed by atoms with van der Waals surface area (Å²) in [5, 5.41) is 11.5. The van der Waals surface area contributed by atoms with E-state index in [1.54, 1.807) is 6.07 Å². The summed E-state index contributed by atoms with van der Waals surface area (Å²) in [6.07, 6.45) is 0. The number of carbonyl (C=O) groups is 2. The Kier molecular flexibility index (Phi) is 3.99. The number of H-pyrrole nitrogens is 1. The van der Waals surface area contributed by atoms with Gasteiger partial charge in [-0.15, -0.1) is 0 Å². The van der Waals surface area contributed by atoms with Gasteiger partial charge in [0.2, 0.25) is 5.56 Å². The molecule has 0 radical (unpaired) electrons. The lowest BCUT2D eigenvalue weighted by atomic mass is 10.1. The lowest BCUT2D eigenvalue weighted by Crippen LogP contribution is -2.19. The highest BCUT2D eigenvalue weighted by Crippen LogP contribution is 2.22. The van der Waals surface area contributed by atoms with Crippen LogP contribution in [-0.2, 0) is 0 Å². The van der Waals surface area contributed by atoms with E-state index in [-0.39, 0.29) is 16.9 Å². The van der Waals surface area contributed by atoms with E-state index in [9.17, 15) is 14.4 Å². The van der Waals surface area contributed by atoms with Crippen molar-refractivity contribution < 1.29 is 14.7 Å². The van der Waals surface area contributed by atoms with Gasteiger partial charge in [-0.05, 0) is 24.3 Å². The minimum absolute atomic E-state index is 0.0418. The van der Waals surface area contributed by atoms with Crippen molar-refractivity contribution in [3.05, 3.63) is 62.5 Å². The fraction of sp³-hybridized carbons (Fsp3) is 0. The van der Waals surface area contributed by atoms with Crippen LogP contribution in [0.3, 0.4) is 0 Å². The number of rotatable bonds is 3. The number of benzene rings is 1. The average molecular weight is 337 g/mol. The molecule has 0 aliphatic carbocycles. The first-order valence-corrected chi connectivity index (χ1v) is 6.30. The molecule has 0 fully saturated rings. The maximum Gasteiger partial charge on any atom is 0.337 e. The van der Waals surface area contributed by atoms with Gasteiger partial charge in [0.25, 0.3) is 5.91 Å². The van der Waals surface area contributed by atoms with Crippen LogP contribution in [0.25, 0.3) is 0 Å². The molecule has 1 aromatic heterocycles. The molecular formula is C13H9BrN2O4. The molecule has 0 unspecified atom stereocenters. The van der Waals surface area contributed by atoms with Crippen LogP contribution in [0.15, 0.2) is 45.7 Å². The van der Waals surface area contributed by atoms with Gasteiger partial charge in [0, 0.05) is 10.5 Å². The van der Waals surface area contributed by atoms with E-state index in [1.807, 2.05) is 0 Å². The number of aromatic nitrogens is 1. The minimum atomic E-state index is -1.16. The van der Waals surface area contributed by atoms with Crippen LogP contribution in [0.4, 0.5) is 5.69 Å². The Hall–Kier alpha value is -2.41. The van der Waals surface area contributed by atoms with Gasteiger partial charge in [0.1, 0.15) is 5.69 Å². The second kappa shape index (κ2) is 5.70. The number of nitrogens with one attached hydrogen (secondary N) is 2. The minimum Gasteiger partial charge on any atom is -0.478 e. The average Bonchev–Trinajstić information content (AvgIpc) is 2.38. The molecule has 20 heavy (non-hydrogen) atoms. The van der Waals surface area contributed by atoms with Crippen molar-refractivity contribution in [2.45, 2.75) is 0 Å². The van der Waals surface area contributed by atoms with Gasteiger partial charge in [-0.3, -0.25) is 9.59 Å². The standard InChI is InChI=1S/C13H9BrN2O4/c14-7-4-5-8(13(19)20)10(6-7)16-12(18)9-2-1-3-11(17)15-9/h1-6H,(H,15,17)(H,16,18)(H,19,20). The number of anilines is 1. The molecule has 0 aliphatic heterocycles. The van der Waals surface area contributed by atoms with Crippen LogP contribution in [0.2, 0.25) is 0 Å². The molecule has 0 saturated carbocycles. The summed E-state index contributed by atoms with van der Waals surface area (Å²) in [6, 6.07) is 8.54. The van der Waals surface area contributed by atoms with Gasteiger partial charge in [0.15, 0.2) is 0 Å². The summed E-state index contributed by atoms with van der Waals surface area (Å²) in [6.45, 7) is 0. The van der Waals surface area contributed by atoms with E-state index in [1.165, 1.54) is 30.3 Å². The van der Waals surface area contributed by atoms with Gasteiger partial charge in [-0.2, -0.15) is 0 Å². The zero-order chi connectivity index (χ0) is 14.7. The maximum atomic E-state index is 12.0. The predicted octanol–water partition coefficient (Wildman–Crippen LogP) is 2.09. The van der Waals surface area contributed by atoms with Crippen LogP contribution in [-0.4, -0.2) is 22.0 Å². The zero-order valence-electron chi connectivity index (χ0n) is 10.0.